The van der Waals surface area contributed by atoms with Crippen molar-refractivity contribution < 1.29 is 14.6 Å². The smallest absolute Gasteiger partial charge is 0.305 e. The summed E-state index contributed by atoms with van der Waals surface area (Å²) in [4.78, 5) is 11.2. The molecule has 2 saturated carbocycles. The van der Waals surface area contributed by atoms with Gasteiger partial charge in [-0.15, -0.1) is 0 Å². The number of rotatable bonds is 6. The lowest BCUT2D eigenvalue weighted by Gasteiger charge is -2.18. The van der Waals surface area contributed by atoms with Gasteiger partial charge in [-0.2, -0.15) is 0 Å². The highest BCUT2D eigenvalue weighted by Crippen LogP contribution is 2.51. The molecule has 0 radical (unpaired) electrons. The van der Waals surface area contributed by atoms with Crippen molar-refractivity contribution in [1.82, 2.24) is 0 Å². The highest BCUT2D eigenvalue weighted by atomic mass is 16.5. The zero-order valence-corrected chi connectivity index (χ0v) is 12.8. The fraction of sp³-hybridized carbons (Fsp3) is 0.824. The van der Waals surface area contributed by atoms with Gasteiger partial charge >= 0.3 is 5.97 Å². The quantitative estimate of drug-likeness (QED) is 0.599. The highest BCUT2D eigenvalue weighted by molar-refractivity contribution is 5.69. The summed E-state index contributed by atoms with van der Waals surface area (Å²) < 4.78 is 4.72. The van der Waals surface area contributed by atoms with E-state index in [0.29, 0.717) is 30.1 Å². The Morgan fingerprint density at radius 3 is 2.85 bits per heavy atom. The number of hydrogen-bond donors (Lipinski definition) is 1. The van der Waals surface area contributed by atoms with Gasteiger partial charge in [-0.1, -0.05) is 25.5 Å². The van der Waals surface area contributed by atoms with E-state index >= 15 is 0 Å². The van der Waals surface area contributed by atoms with Gasteiger partial charge in [0.05, 0.1) is 13.2 Å². The number of ether oxygens (including phenoxy) is 1. The van der Waals surface area contributed by atoms with Gasteiger partial charge in [0.15, 0.2) is 0 Å². The van der Waals surface area contributed by atoms with Crippen LogP contribution in [0, 0.1) is 23.7 Å². The minimum Gasteiger partial charge on any atom is -0.469 e. The molecule has 0 aliphatic heterocycles. The summed E-state index contributed by atoms with van der Waals surface area (Å²) in [6, 6.07) is 0. The van der Waals surface area contributed by atoms with E-state index in [4.69, 9.17) is 4.74 Å². The number of esters is 1. The number of fused-ring (bicyclic) bond motifs is 1. The van der Waals surface area contributed by atoms with E-state index in [1.54, 1.807) is 0 Å². The molecule has 2 aliphatic carbocycles. The van der Waals surface area contributed by atoms with Crippen LogP contribution in [0.15, 0.2) is 12.2 Å². The molecule has 2 fully saturated rings. The average molecular weight is 280 g/mol. The number of unbranched alkanes of at least 4 members (excludes halogenated alkanes) is 1. The van der Waals surface area contributed by atoms with Crippen LogP contribution in [-0.4, -0.2) is 24.3 Å². The predicted octanol–water partition coefficient (Wildman–Crippen LogP) is 3.32. The number of carbonyl (C=O) groups is 1. The van der Waals surface area contributed by atoms with Crippen LogP contribution in [0.25, 0.3) is 0 Å². The molecular weight excluding hydrogens is 252 g/mol. The number of aliphatic hydroxyl groups excluding tert-OH is 1. The monoisotopic (exact) mass is 280 g/mol. The van der Waals surface area contributed by atoms with Gasteiger partial charge in [0.2, 0.25) is 0 Å². The van der Waals surface area contributed by atoms with Crippen molar-refractivity contribution in [2.75, 3.05) is 7.11 Å². The molecule has 3 nitrogen and oxygen atoms in total. The summed E-state index contributed by atoms with van der Waals surface area (Å²) in [7, 11) is 1.45. The van der Waals surface area contributed by atoms with Crippen molar-refractivity contribution in [3.63, 3.8) is 0 Å². The van der Waals surface area contributed by atoms with Gasteiger partial charge in [-0.25, -0.2) is 0 Å². The number of allylic oxidation sites excluding steroid dienone is 1. The Kier molecular flexibility index (Phi) is 5.64. The number of aliphatic hydroxyl groups is 1. The first-order valence-electron chi connectivity index (χ1n) is 8.07. The summed E-state index contributed by atoms with van der Waals surface area (Å²) >= 11 is 0. The van der Waals surface area contributed by atoms with E-state index in [1.807, 2.05) is 0 Å². The third-order valence-corrected chi connectivity index (χ3v) is 5.13. The standard InChI is InChI=1S/C17H28O3/c1-3-4-5-6-14-15-10-12(7-8-17(19)20-2)9-13(15)11-16(14)18/h5-6,12-16,18H,3-4,7-11H2,1-2H3/b6-5+/t12?,13-,14+,15-,16+/m0/s1. The molecule has 0 aromatic heterocycles. The van der Waals surface area contributed by atoms with Crippen LogP contribution >= 0.6 is 0 Å². The number of hydrogen-bond acceptors (Lipinski definition) is 3. The Morgan fingerprint density at radius 2 is 2.15 bits per heavy atom. The number of carbonyl (C=O) groups excluding carboxylic acids is 1. The Bertz CT molecular complexity index is 350. The fourth-order valence-corrected chi connectivity index (χ4v) is 4.12. The van der Waals surface area contributed by atoms with Crippen LogP contribution in [0.1, 0.15) is 51.9 Å². The van der Waals surface area contributed by atoms with Crippen LogP contribution in [0.5, 0.6) is 0 Å². The Labute approximate surface area is 122 Å². The lowest BCUT2D eigenvalue weighted by Crippen LogP contribution is -2.17. The summed E-state index contributed by atoms with van der Waals surface area (Å²) in [6.07, 6.45) is 11.4. The minimum absolute atomic E-state index is 0.0958. The lowest BCUT2D eigenvalue weighted by atomic mass is 9.89. The molecule has 0 aromatic carbocycles. The van der Waals surface area contributed by atoms with Gasteiger partial charge in [-0.05, 0) is 49.9 Å². The van der Waals surface area contributed by atoms with E-state index in [2.05, 4.69) is 19.1 Å². The molecular formula is C17H28O3. The van der Waals surface area contributed by atoms with Crippen molar-refractivity contribution in [1.29, 1.82) is 0 Å². The van der Waals surface area contributed by atoms with Gasteiger partial charge in [0.25, 0.3) is 0 Å². The Morgan fingerprint density at radius 1 is 1.35 bits per heavy atom. The maximum atomic E-state index is 11.2. The lowest BCUT2D eigenvalue weighted by molar-refractivity contribution is -0.140. The minimum atomic E-state index is -0.153. The first-order chi connectivity index (χ1) is 9.65. The zero-order chi connectivity index (χ0) is 14.5. The highest BCUT2D eigenvalue weighted by Gasteiger charge is 2.46. The molecule has 2 aliphatic rings. The van der Waals surface area contributed by atoms with Crippen molar-refractivity contribution in [2.24, 2.45) is 23.7 Å². The number of methoxy groups -OCH3 is 1. The predicted molar refractivity (Wildman–Crippen MR) is 79.1 cm³/mol. The molecule has 0 saturated heterocycles. The Balaban J connectivity index is 1.85. The second kappa shape index (κ2) is 7.26. The molecule has 114 valence electrons. The third-order valence-electron chi connectivity index (χ3n) is 5.13. The topological polar surface area (TPSA) is 46.5 Å². The zero-order valence-electron chi connectivity index (χ0n) is 12.8. The van der Waals surface area contributed by atoms with E-state index in [1.165, 1.54) is 20.0 Å². The van der Waals surface area contributed by atoms with E-state index in [0.717, 1.165) is 25.7 Å². The van der Waals surface area contributed by atoms with Crippen molar-refractivity contribution in [3.8, 4) is 0 Å². The van der Waals surface area contributed by atoms with Crippen molar-refractivity contribution in [3.05, 3.63) is 12.2 Å². The largest absolute Gasteiger partial charge is 0.469 e. The molecule has 0 spiro atoms. The first-order valence-corrected chi connectivity index (χ1v) is 8.07. The fourth-order valence-electron chi connectivity index (χ4n) is 4.12. The maximum absolute atomic E-state index is 11.2. The van der Waals surface area contributed by atoms with Crippen LogP contribution in [0.4, 0.5) is 0 Å². The molecule has 1 N–H and O–H groups in total. The van der Waals surface area contributed by atoms with Crippen LogP contribution in [0.2, 0.25) is 0 Å². The normalized spacial score (nSPS) is 36.5. The molecule has 5 atom stereocenters. The average Bonchev–Trinajstić information content (AvgIpc) is 2.94. The molecule has 0 bridgehead atoms. The second-order valence-corrected chi connectivity index (χ2v) is 6.47. The van der Waals surface area contributed by atoms with E-state index in [9.17, 15) is 9.90 Å². The Hall–Kier alpha value is -0.830. The van der Waals surface area contributed by atoms with Gasteiger partial charge in [-0.3, -0.25) is 4.79 Å². The molecule has 20 heavy (non-hydrogen) atoms. The van der Waals surface area contributed by atoms with Crippen molar-refractivity contribution in [2.45, 2.75) is 58.0 Å². The summed E-state index contributed by atoms with van der Waals surface area (Å²) in [5, 5.41) is 10.2. The summed E-state index contributed by atoms with van der Waals surface area (Å²) in [6.45, 7) is 2.18. The molecule has 0 amide bonds. The molecule has 0 heterocycles. The van der Waals surface area contributed by atoms with Crippen LogP contribution in [0.3, 0.4) is 0 Å². The van der Waals surface area contributed by atoms with Gasteiger partial charge in [0, 0.05) is 12.3 Å². The summed E-state index contributed by atoms with van der Waals surface area (Å²) in [5.41, 5.74) is 0. The second-order valence-electron chi connectivity index (χ2n) is 6.47. The maximum Gasteiger partial charge on any atom is 0.305 e. The molecule has 2 rings (SSSR count). The molecule has 1 unspecified atom stereocenters. The third kappa shape index (κ3) is 3.63. The van der Waals surface area contributed by atoms with E-state index < -0.39 is 0 Å². The summed E-state index contributed by atoms with van der Waals surface area (Å²) in [5.74, 6) is 2.17. The van der Waals surface area contributed by atoms with Gasteiger partial charge < -0.3 is 9.84 Å². The molecule has 0 aromatic rings. The van der Waals surface area contributed by atoms with E-state index in [-0.39, 0.29) is 12.1 Å². The van der Waals surface area contributed by atoms with Crippen LogP contribution < -0.4 is 0 Å². The SMILES string of the molecule is CCC/C=C/[C@@H]1[C@H]2CC(CCC(=O)OC)C[C@H]2C[C@H]1O. The van der Waals surface area contributed by atoms with Crippen molar-refractivity contribution >= 4 is 5.97 Å². The van der Waals surface area contributed by atoms with Gasteiger partial charge in [0.1, 0.15) is 0 Å². The first kappa shape index (κ1) is 15.6. The van der Waals surface area contributed by atoms with Crippen LogP contribution in [-0.2, 0) is 9.53 Å². The molecule has 3 heteroatoms.